The maximum atomic E-state index is 5.78. The summed E-state index contributed by atoms with van der Waals surface area (Å²) in [7, 11) is 1.86. The van der Waals surface area contributed by atoms with Crippen molar-refractivity contribution in [3.8, 4) is 0 Å². The van der Waals surface area contributed by atoms with E-state index >= 15 is 0 Å². The highest BCUT2D eigenvalue weighted by Gasteiger charge is 2.03. The first-order valence-corrected chi connectivity index (χ1v) is 4.91. The Labute approximate surface area is 88.5 Å². The average Bonchev–Trinajstić information content (AvgIpc) is 2.76. The molecule has 0 saturated heterocycles. The molecule has 0 aliphatic rings. The summed E-state index contributed by atoms with van der Waals surface area (Å²) in [6, 6.07) is 2.11. The van der Waals surface area contributed by atoms with Crippen molar-refractivity contribution in [3.05, 3.63) is 35.9 Å². The molecule has 2 aromatic heterocycles. The zero-order chi connectivity index (χ0) is 10.8. The van der Waals surface area contributed by atoms with E-state index in [0.29, 0.717) is 0 Å². The van der Waals surface area contributed by atoms with Crippen molar-refractivity contribution in [2.75, 3.05) is 0 Å². The molecule has 0 aliphatic heterocycles. The first kappa shape index (κ1) is 9.92. The highest BCUT2D eigenvalue weighted by atomic mass is 15.4. The Hall–Kier alpha value is -1.62. The SMILES string of the molecule is CC(N)c1ccn(Cc2cn(C)nn2)c1. The second kappa shape index (κ2) is 3.86. The lowest BCUT2D eigenvalue weighted by Gasteiger charge is -2.00. The number of nitrogens with two attached hydrogens (primary N) is 1. The zero-order valence-electron chi connectivity index (χ0n) is 8.96. The van der Waals surface area contributed by atoms with Crippen LogP contribution in [0, 0.1) is 0 Å². The van der Waals surface area contributed by atoms with Crippen LogP contribution in [0.2, 0.25) is 0 Å². The molecule has 0 aromatic carbocycles. The first-order valence-electron chi connectivity index (χ1n) is 4.91. The van der Waals surface area contributed by atoms with Crippen molar-refractivity contribution in [1.29, 1.82) is 0 Å². The van der Waals surface area contributed by atoms with Crippen LogP contribution < -0.4 is 5.73 Å². The topological polar surface area (TPSA) is 61.7 Å². The quantitative estimate of drug-likeness (QED) is 0.801. The molecule has 0 bridgehead atoms. The molecule has 0 fully saturated rings. The standard InChI is InChI=1S/C10H15N5/c1-8(11)9-3-4-15(5-9)7-10-6-14(2)13-12-10/h3-6,8H,7,11H2,1-2H3. The second-order valence-electron chi connectivity index (χ2n) is 3.79. The van der Waals surface area contributed by atoms with E-state index in [0.717, 1.165) is 17.8 Å². The molecule has 0 amide bonds. The Morgan fingerprint density at radius 2 is 2.27 bits per heavy atom. The smallest absolute Gasteiger partial charge is 0.102 e. The van der Waals surface area contributed by atoms with Crippen LogP contribution in [0.4, 0.5) is 0 Å². The molecular weight excluding hydrogens is 190 g/mol. The van der Waals surface area contributed by atoms with Crippen LogP contribution in [0.25, 0.3) is 0 Å². The lowest BCUT2D eigenvalue weighted by Crippen LogP contribution is -2.04. The highest BCUT2D eigenvalue weighted by Crippen LogP contribution is 2.10. The third-order valence-electron chi connectivity index (χ3n) is 2.29. The van der Waals surface area contributed by atoms with Gasteiger partial charge in [0, 0.05) is 31.7 Å². The fraction of sp³-hybridized carbons (Fsp3) is 0.400. The fourth-order valence-electron chi connectivity index (χ4n) is 1.48. The van der Waals surface area contributed by atoms with Gasteiger partial charge in [0.05, 0.1) is 6.54 Å². The molecule has 0 saturated carbocycles. The van der Waals surface area contributed by atoms with Gasteiger partial charge in [-0.2, -0.15) is 0 Å². The lowest BCUT2D eigenvalue weighted by molar-refractivity contribution is 0.709. The fourth-order valence-corrected chi connectivity index (χ4v) is 1.48. The van der Waals surface area contributed by atoms with Gasteiger partial charge in [0.1, 0.15) is 5.69 Å². The van der Waals surface area contributed by atoms with Crippen LogP contribution in [0.15, 0.2) is 24.7 Å². The molecule has 0 spiro atoms. The Morgan fingerprint density at radius 1 is 1.47 bits per heavy atom. The van der Waals surface area contributed by atoms with Crippen LogP contribution in [0.5, 0.6) is 0 Å². The Morgan fingerprint density at radius 3 is 2.80 bits per heavy atom. The molecule has 1 unspecified atom stereocenters. The summed E-state index contributed by atoms with van der Waals surface area (Å²) in [6.45, 7) is 2.71. The summed E-state index contributed by atoms with van der Waals surface area (Å²) in [5, 5.41) is 7.91. The molecule has 5 nitrogen and oxygen atoms in total. The van der Waals surface area contributed by atoms with E-state index in [4.69, 9.17) is 5.73 Å². The lowest BCUT2D eigenvalue weighted by atomic mass is 10.2. The molecule has 2 N–H and O–H groups in total. The predicted octanol–water partition coefficient (Wildman–Crippen LogP) is 0.685. The van der Waals surface area contributed by atoms with Crippen molar-refractivity contribution in [1.82, 2.24) is 19.6 Å². The van der Waals surface area contributed by atoms with E-state index in [-0.39, 0.29) is 6.04 Å². The minimum atomic E-state index is 0.0770. The number of aromatic nitrogens is 4. The van der Waals surface area contributed by atoms with Crippen molar-refractivity contribution in [3.63, 3.8) is 0 Å². The third-order valence-corrected chi connectivity index (χ3v) is 2.29. The summed E-state index contributed by atoms with van der Waals surface area (Å²) in [5.41, 5.74) is 7.87. The first-order chi connectivity index (χ1) is 7.15. The Bertz CT molecular complexity index is 440. The number of hydrogen-bond donors (Lipinski definition) is 1. The van der Waals surface area contributed by atoms with E-state index in [2.05, 4.69) is 14.9 Å². The van der Waals surface area contributed by atoms with Gasteiger partial charge in [0.25, 0.3) is 0 Å². The molecule has 0 aliphatic carbocycles. The molecule has 1 atom stereocenters. The van der Waals surface area contributed by atoms with Gasteiger partial charge in [0.2, 0.25) is 0 Å². The van der Waals surface area contributed by atoms with Gasteiger partial charge in [-0.3, -0.25) is 4.68 Å². The van der Waals surface area contributed by atoms with Gasteiger partial charge >= 0.3 is 0 Å². The van der Waals surface area contributed by atoms with Gasteiger partial charge in [-0.15, -0.1) is 5.10 Å². The predicted molar refractivity (Wildman–Crippen MR) is 57.1 cm³/mol. The molecular formula is C10H15N5. The minimum Gasteiger partial charge on any atom is -0.348 e. The Kier molecular flexibility index (Phi) is 2.55. The summed E-state index contributed by atoms with van der Waals surface area (Å²) in [5.74, 6) is 0. The van der Waals surface area contributed by atoms with E-state index in [1.54, 1.807) is 4.68 Å². The van der Waals surface area contributed by atoms with Crippen LogP contribution in [0.1, 0.15) is 24.2 Å². The van der Waals surface area contributed by atoms with Gasteiger partial charge in [-0.25, -0.2) is 0 Å². The number of aryl methyl sites for hydroxylation is 1. The van der Waals surface area contributed by atoms with Crippen molar-refractivity contribution in [2.24, 2.45) is 12.8 Å². The summed E-state index contributed by atoms with van der Waals surface area (Å²) in [4.78, 5) is 0. The van der Waals surface area contributed by atoms with Crippen LogP contribution in [-0.4, -0.2) is 19.6 Å². The van der Waals surface area contributed by atoms with Gasteiger partial charge in [-0.05, 0) is 18.6 Å². The van der Waals surface area contributed by atoms with E-state index < -0.39 is 0 Å². The molecule has 80 valence electrons. The number of rotatable bonds is 3. The minimum absolute atomic E-state index is 0.0770. The van der Waals surface area contributed by atoms with Crippen molar-refractivity contribution in [2.45, 2.75) is 19.5 Å². The van der Waals surface area contributed by atoms with E-state index in [9.17, 15) is 0 Å². The number of hydrogen-bond acceptors (Lipinski definition) is 3. The zero-order valence-corrected chi connectivity index (χ0v) is 8.96. The van der Waals surface area contributed by atoms with E-state index in [1.807, 2.05) is 38.6 Å². The molecule has 2 aromatic rings. The molecule has 5 heteroatoms. The second-order valence-corrected chi connectivity index (χ2v) is 3.79. The van der Waals surface area contributed by atoms with Crippen molar-refractivity contribution >= 4 is 0 Å². The van der Waals surface area contributed by atoms with Crippen LogP contribution in [-0.2, 0) is 13.6 Å². The van der Waals surface area contributed by atoms with E-state index in [1.165, 1.54) is 0 Å². The van der Waals surface area contributed by atoms with Crippen LogP contribution >= 0.6 is 0 Å². The van der Waals surface area contributed by atoms with Gasteiger partial charge in [-0.1, -0.05) is 5.21 Å². The molecule has 2 heterocycles. The van der Waals surface area contributed by atoms with Gasteiger partial charge in [0.15, 0.2) is 0 Å². The molecule has 2 rings (SSSR count). The average molecular weight is 205 g/mol. The summed E-state index contributed by atoms with van der Waals surface area (Å²) < 4.78 is 3.76. The highest BCUT2D eigenvalue weighted by molar-refractivity contribution is 5.14. The monoisotopic (exact) mass is 205 g/mol. The maximum absolute atomic E-state index is 5.78. The Balaban J connectivity index is 2.11. The maximum Gasteiger partial charge on any atom is 0.102 e. The summed E-state index contributed by atoms with van der Waals surface area (Å²) in [6.07, 6.45) is 5.96. The number of nitrogens with zero attached hydrogens (tertiary/aromatic N) is 4. The summed E-state index contributed by atoms with van der Waals surface area (Å²) >= 11 is 0. The van der Waals surface area contributed by atoms with Gasteiger partial charge < -0.3 is 10.3 Å². The molecule has 0 radical (unpaired) electrons. The van der Waals surface area contributed by atoms with Crippen molar-refractivity contribution < 1.29 is 0 Å². The van der Waals surface area contributed by atoms with Crippen LogP contribution in [0.3, 0.4) is 0 Å². The normalized spacial score (nSPS) is 13.0. The molecule has 15 heavy (non-hydrogen) atoms. The third kappa shape index (κ3) is 2.24. The largest absolute Gasteiger partial charge is 0.348 e.